The van der Waals surface area contributed by atoms with Crippen LogP contribution in [0.25, 0.3) is 0 Å². The normalized spacial score (nSPS) is 15.9. The number of hydrogen-bond donors (Lipinski definition) is 0. The molecule has 0 amide bonds. The lowest BCUT2D eigenvalue weighted by Crippen LogP contribution is -1.96. The molecule has 0 N–H and O–H groups in total. The summed E-state index contributed by atoms with van der Waals surface area (Å²) >= 11 is 0. The van der Waals surface area contributed by atoms with E-state index >= 15 is 0 Å². The summed E-state index contributed by atoms with van der Waals surface area (Å²) in [5.74, 6) is 0.662. The summed E-state index contributed by atoms with van der Waals surface area (Å²) in [7, 11) is -2.76. The van der Waals surface area contributed by atoms with E-state index in [1.165, 1.54) is 0 Å². The zero-order valence-corrected chi connectivity index (χ0v) is 9.93. The average molecular weight is 247 g/mol. The predicted molar refractivity (Wildman–Crippen MR) is 72.8 cm³/mol. The van der Waals surface area contributed by atoms with Gasteiger partial charge in [-0.3, -0.25) is 0 Å². The van der Waals surface area contributed by atoms with Crippen molar-refractivity contribution in [3.63, 3.8) is 0 Å². The molecule has 2 rings (SSSR count). The van der Waals surface area contributed by atoms with Crippen LogP contribution in [0.15, 0.2) is 54.6 Å². The first-order chi connectivity index (χ1) is 10.7. The summed E-state index contributed by atoms with van der Waals surface area (Å²) in [6.07, 6.45) is -0.148. The van der Waals surface area contributed by atoms with E-state index in [9.17, 15) is 0 Å². The lowest BCUT2D eigenvalue weighted by atomic mass is 10.1. The molecular weight excluding hydrogens is 224 g/mol. The van der Waals surface area contributed by atoms with Crippen molar-refractivity contribution in [1.29, 1.82) is 0 Å². The third-order valence-electron chi connectivity index (χ3n) is 2.52. The van der Waals surface area contributed by atoms with Crippen LogP contribution in [-0.2, 0) is 17.8 Å². The van der Waals surface area contributed by atoms with E-state index in [2.05, 4.69) is 4.74 Å². The van der Waals surface area contributed by atoms with Crippen LogP contribution in [0.5, 0.6) is 5.75 Å². The largest absolute Gasteiger partial charge is 0.489 e. The molecule has 0 aromatic heterocycles. The lowest BCUT2D eigenvalue weighted by Gasteiger charge is -2.07. The van der Waals surface area contributed by atoms with Crippen molar-refractivity contribution >= 4 is 0 Å². The van der Waals surface area contributed by atoms with Crippen LogP contribution in [0.2, 0.25) is 0 Å². The van der Waals surface area contributed by atoms with Gasteiger partial charge in [0.15, 0.2) is 0 Å². The molecule has 0 spiro atoms. The first kappa shape index (κ1) is 7.59. The Morgan fingerprint density at radius 3 is 2.50 bits per heavy atom. The number of rotatable bonds is 6. The topological polar surface area (TPSA) is 18.5 Å². The van der Waals surface area contributed by atoms with Gasteiger partial charge in [-0.2, -0.15) is 0 Å². The van der Waals surface area contributed by atoms with Gasteiger partial charge in [0.05, 0.1) is 13.4 Å². The molecule has 0 aliphatic carbocycles. The Hall–Kier alpha value is -1.80. The molecule has 2 aromatic rings. The van der Waals surface area contributed by atoms with Gasteiger partial charge < -0.3 is 9.47 Å². The molecule has 0 radical (unpaired) electrons. The number of hydrogen-bond acceptors (Lipinski definition) is 2. The molecule has 2 heteroatoms. The second-order valence-corrected chi connectivity index (χ2v) is 3.84. The maximum atomic E-state index is 7.62. The minimum atomic E-state index is -2.76. The predicted octanol–water partition coefficient (Wildman–Crippen LogP) is 3.45. The van der Waals surface area contributed by atoms with E-state index in [0.717, 1.165) is 5.56 Å². The molecule has 0 fully saturated rings. The number of benzene rings is 2. The van der Waals surface area contributed by atoms with E-state index < -0.39 is 13.6 Å². The minimum absolute atomic E-state index is 0.148. The van der Waals surface area contributed by atoms with E-state index in [0.29, 0.717) is 17.9 Å². The fraction of sp³-hybridized carbons (Fsp3) is 0.250. The van der Waals surface area contributed by atoms with Gasteiger partial charge in [-0.05, 0) is 29.7 Å². The number of methoxy groups -OCH3 is 1. The summed E-state index contributed by atoms with van der Waals surface area (Å²) in [6.45, 7) is -1.80. The number of ether oxygens (including phenoxy) is 2. The van der Waals surface area contributed by atoms with Crippen molar-refractivity contribution in [3.05, 3.63) is 65.7 Å². The SMILES string of the molecule is [2H]C([2H])([2H])OC([2H])([2H])Cc1ccc(OCc2ccccc2)cc1. The molecule has 0 bridgehead atoms. The van der Waals surface area contributed by atoms with Crippen molar-refractivity contribution in [3.8, 4) is 5.75 Å². The summed E-state index contributed by atoms with van der Waals surface area (Å²) < 4.78 is 46.3. The van der Waals surface area contributed by atoms with Crippen molar-refractivity contribution in [2.75, 3.05) is 13.6 Å². The maximum absolute atomic E-state index is 7.62. The Bertz CT molecular complexity index is 609. The fourth-order valence-electron chi connectivity index (χ4n) is 1.56. The maximum Gasteiger partial charge on any atom is 0.119 e. The zero-order chi connectivity index (χ0) is 16.9. The van der Waals surface area contributed by atoms with Crippen LogP contribution in [0.3, 0.4) is 0 Å². The molecule has 0 aliphatic rings. The highest BCUT2D eigenvalue weighted by Gasteiger charge is 1.97. The molecule has 2 nitrogen and oxygen atoms in total. The molecular formula is C16H18O2. The van der Waals surface area contributed by atoms with Gasteiger partial charge in [0.1, 0.15) is 12.4 Å². The van der Waals surface area contributed by atoms with Crippen LogP contribution in [0, 0.1) is 0 Å². The van der Waals surface area contributed by atoms with Gasteiger partial charge in [-0.1, -0.05) is 42.5 Å². The van der Waals surface area contributed by atoms with Gasteiger partial charge in [-0.25, -0.2) is 0 Å². The standard InChI is InChI=1S/C16H18O2/c1-17-12-11-14-7-9-16(10-8-14)18-13-15-5-3-2-4-6-15/h2-10H,11-13H2,1H3/i1D3,12D2. The highest BCUT2D eigenvalue weighted by Crippen LogP contribution is 2.14. The Morgan fingerprint density at radius 2 is 1.78 bits per heavy atom. The van der Waals surface area contributed by atoms with Crippen LogP contribution >= 0.6 is 0 Å². The van der Waals surface area contributed by atoms with Gasteiger partial charge in [0, 0.05) is 7.04 Å². The van der Waals surface area contributed by atoms with E-state index in [4.69, 9.17) is 11.6 Å². The Labute approximate surface area is 115 Å². The first-order valence-electron chi connectivity index (χ1n) is 8.19. The second-order valence-electron chi connectivity index (χ2n) is 3.84. The quantitative estimate of drug-likeness (QED) is 0.778. The number of aryl methyl sites for hydroxylation is 1. The van der Waals surface area contributed by atoms with Crippen LogP contribution in [0.4, 0.5) is 0 Å². The molecule has 18 heavy (non-hydrogen) atoms. The van der Waals surface area contributed by atoms with E-state index in [1.807, 2.05) is 30.3 Å². The van der Waals surface area contributed by atoms with Gasteiger partial charge >= 0.3 is 0 Å². The third kappa shape index (κ3) is 3.90. The first-order valence-corrected chi connectivity index (χ1v) is 5.69. The Balaban J connectivity index is 1.91. The third-order valence-corrected chi connectivity index (χ3v) is 2.52. The van der Waals surface area contributed by atoms with Crippen LogP contribution < -0.4 is 4.74 Å². The van der Waals surface area contributed by atoms with Gasteiger partial charge in [0.2, 0.25) is 0 Å². The molecule has 0 aliphatic heterocycles. The molecule has 94 valence electrons. The highest BCUT2D eigenvalue weighted by atomic mass is 16.5. The smallest absolute Gasteiger partial charge is 0.119 e. The Kier molecular flexibility index (Phi) is 2.88. The van der Waals surface area contributed by atoms with Crippen molar-refractivity contribution in [2.24, 2.45) is 0 Å². The fourth-order valence-corrected chi connectivity index (χ4v) is 1.56. The summed E-state index contributed by atoms with van der Waals surface area (Å²) in [5.41, 5.74) is 1.69. The minimum Gasteiger partial charge on any atom is -0.489 e. The zero-order valence-electron chi connectivity index (χ0n) is 14.9. The summed E-state index contributed by atoms with van der Waals surface area (Å²) in [6, 6.07) is 16.6. The van der Waals surface area contributed by atoms with E-state index in [1.54, 1.807) is 24.3 Å². The monoisotopic (exact) mass is 247 g/mol. The molecule has 0 saturated heterocycles. The average Bonchev–Trinajstić information content (AvgIpc) is 2.44. The van der Waals surface area contributed by atoms with Crippen molar-refractivity contribution < 1.29 is 16.3 Å². The Morgan fingerprint density at radius 1 is 1.00 bits per heavy atom. The van der Waals surface area contributed by atoms with E-state index in [-0.39, 0.29) is 6.42 Å². The second kappa shape index (κ2) is 6.82. The van der Waals surface area contributed by atoms with Gasteiger partial charge in [-0.15, -0.1) is 0 Å². The van der Waals surface area contributed by atoms with Gasteiger partial charge in [0.25, 0.3) is 0 Å². The molecule has 0 saturated carbocycles. The van der Waals surface area contributed by atoms with Crippen LogP contribution in [-0.4, -0.2) is 13.6 Å². The lowest BCUT2D eigenvalue weighted by molar-refractivity contribution is 0.202. The highest BCUT2D eigenvalue weighted by molar-refractivity contribution is 5.27. The molecule has 0 unspecified atom stereocenters. The summed E-state index contributed by atoms with van der Waals surface area (Å²) in [5, 5.41) is 0. The van der Waals surface area contributed by atoms with Crippen molar-refractivity contribution in [2.45, 2.75) is 13.0 Å². The van der Waals surface area contributed by atoms with Crippen molar-refractivity contribution in [1.82, 2.24) is 0 Å². The summed E-state index contributed by atoms with van der Waals surface area (Å²) in [4.78, 5) is 0. The molecule has 0 atom stereocenters. The molecule has 0 heterocycles. The molecule has 2 aromatic carbocycles. The van der Waals surface area contributed by atoms with Crippen LogP contribution in [0.1, 0.15) is 18.0 Å².